The SMILES string of the molecule is CCN1c2cc(OC)c#cc2C2CN(C(=O)c3ccc(C)c4ccccc34)CCC21. The number of hydrogen-bond acceptors (Lipinski definition) is 3. The van der Waals surface area contributed by atoms with Crippen LogP contribution in [0.1, 0.15) is 40.7 Å². The maximum Gasteiger partial charge on any atom is 0.254 e. The fraction of sp³-hybridized carbons (Fsp3) is 0.346. The second-order valence-corrected chi connectivity index (χ2v) is 8.24. The number of carbonyl (C=O) groups is 1. The molecule has 0 aromatic heterocycles. The molecule has 2 aliphatic rings. The molecular formula is C26H26N2O2. The summed E-state index contributed by atoms with van der Waals surface area (Å²) in [6.45, 7) is 6.70. The molecule has 1 fully saturated rings. The fourth-order valence-corrected chi connectivity index (χ4v) is 5.23. The molecule has 0 N–H and O–H groups in total. The zero-order valence-electron chi connectivity index (χ0n) is 17.7. The number of likely N-dealkylation sites (tertiary alicyclic amines) is 1. The van der Waals surface area contributed by atoms with Crippen LogP contribution in [0.15, 0.2) is 42.5 Å². The van der Waals surface area contributed by atoms with E-state index in [1.807, 2.05) is 23.1 Å². The Kier molecular flexibility index (Phi) is 4.55. The van der Waals surface area contributed by atoms with Crippen LogP contribution in [0, 0.1) is 19.1 Å². The molecule has 4 heteroatoms. The number of carbonyl (C=O) groups excluding carboxylic acids is 1. The van der Waals surface area contributed by atoms with Gasteiger partial charge >= 0.3 is 0 Å². The van der Waals surface area contributed by atoms with E-state index in [0.717, 1.165) is 41.4 Å². The minimum Gasteiger partial charge on any atom is -0.489 e. The van der Waals surface area contributed by atoms with Gasteiger partial charge in [0, 0.05) is 48.8 Å². The summed E-state index contributed by atoms with van der Waals surface area (Å²) < 4.78 is 5.38. The molecule has 0 spiro atoms. The highest BCUT2D eigenvalue weighted by atomic mass is 16.5. The number of likely N-dealkylation sites (N-methyl/N-ethyl adjacent to an activating group) is 1. The van der Waals surface area contributed by atoms with Crippen molar-refractivity contribution in [2.75, 3.05) is 31.6 Å². The summed E-state index contributed by atoms with van der Waals surface area (Å²) in [5, 5.41) is 2.19. The number of nitrogens with zero attached hydrogens (tertiary/aromatic N) is 2. The minimum atomic E-state index is 0.124. The van der Waals surface area contributed by atoms with E-state index in [-0.39, 0.29) is 11.8 Å². The summed E-state index contributed by atoms with van der Waals surface area (Å²) in [5.41, 5.74) is 4.33. The Morgan fingerprint density at radius 3 is 2.73 bits per heavy atom. The Bertz CT molecular complexity index is 1120. The first-order chi connectivity index (χ1) is 14.6. The Labute approximate surface area is 178 Å². The van der Waals surface area contributed by atoms with Crippen molar-refractivity contribution < 1.29 is 9.53 Å². The number of aryl methyl sites for hydroxylation is 1. The summed E-state index contributed by atoms with van der Waals surface area (Å²) >= 11 is 0. The quantitative estimate of drug-likeness (QED) is 0.647. The lowest BCUT2D eigenvalue weighted by Crippen LogP contribution is -2.48. The smallest absolute Gasteiger partial charge is 0.254 e. The van der Waals surface area contributed by atoms with Gasteiger partial charge in [0.15, 0.2) is 5.75 Å². The van der Waals surface area contributed by atoms with Crippen LogP contribution >= 0.6 is 0 Å². The first-order valence-corrected chi connectivity index (χ1v) is 10.7. The lowest BCUT2D eigenvalue weighted by atomic mass is 9.89. The van der Waals surface area contributed by atoms with Gasteiger partial charge in [-0.25, -0.2) is 0 Å². The lowest BCUT2D eigenvalue weighted by molar-refractivity contribution is 0.0699. The van der Waals surface area contributed by atoms with E-state index in [9.17, 15) is 4.79 Å². The Morgan fingerprint density at radius 2 is 1.97 bits per heavy atom. The Hall–Kier alpha value is -3.19. The van der Waals surface area contributed by atoms with Gasteiger partial charge < -0.3 is 14.5 Å². The molecule has 2 atom stereocenters. The van der Waals surface area contributed by atoms with Crippen molar-refractivity contribution in [2.45, 2.75) is 32.2 Å². The number of methoxy groups -OCH3 is 1. The molecule has 3 aromatic carbocycles. The van der Waals surface area contributed by atoms with E-state index < -0.39 is 0 Å². The largest absolute Gasteiger partial charge is 0.489 e. The van der Waals surface area contributed by atoms with Crippen molar-refractivity contribution in [3.8, 4) is 5.75 Å². The van der Waals surface area contributed by atoms with Crippen LogP contribution in [-0.4, -0.2) is 43.6 Å². The molecule has 2 heterocycles. The van der Waals surface area contributed by atoms with Gasteiger partial charge in [-0.2, -0.15) is 0 Å². The van der Waals surface area contributed by atoms with Gasteiger partial charge in [-0.1, -0.05) is 36.4 Å². The predicted octanol–water partition coefficient (Wildman–Crippen LogP) is 4.60. The third kappa shape index (κ3) is 2.81. The van der Waals surface area contributed by atoms with Crippen LogP contribution in [0.2, 0.25) is 0 Å². The molecule has 5 rings (SSSR count). The molecule has 0 bridgehead atoms. The third-order valence-corrected chi connectivity index (χ3v) is 6.74. The van der Waals surface area contributed by atoms with Crippen LogP contribution in [-0.2, 0) is 0 Å². The first-order valence-electron chi connectivity index (χ1n) is 10.7. The van der Waals surface area contributed by atoms with E-state index in [1.165, 1.54) is 11.3 Å². The molecule has 2 aliphatic heterocycles. The summed E-state index contributed by atoms with van der Waals surface area (Å²) in [7, 11) is 1.66. The van der Waals surface area contributed by atoms with E-state index in [2.05, 4.69) is 55.1 Å². The molecule has 4 nitrogen and oxygen atoms in total. The van der Waals surface area contributed by atoms with Crippen LogP contribution in [0.25, 0.3) is 10.8 Å². The first kappa shape index (κ1) is 18.8. The van der Waals surface area contributed by atoms with Gasteiger partial charge in [0.05, 0.1) is 12.8 Å². The van der Waals surface area contributed by atoms with Gasteiger partial charge in [0.25, 0.3) is 5.91 Å². The number of ether oxygens (including phenoxy) is 1. The predicted molar refractivity (Wildman–Crippen MR) is 119 cm³/mol. The minimum absolute atomic E-state index is 0.124. The van der Waals surface area contributed by atoms with Gasteiger partial charge in [0.2, 0.25) is 0 Å². The molecule has 1 saturated heterocycles. The van der Waals surface area contributed by atoms with Crippen LogP contribution in [0.3, 0.4) is 0 Å². The monoisotopic (exact) mass is 398 g/mol. The van der Waals surface area contributed by atoms with Crippen molar-refractivity contribution in [3.05, 3.63) is 71.3 Å². The number of anilines is 1. The van der Waals surface area contributed by atoms with Gasteiger partial charge in [0.1, 0.15) is 0 Å². The highest BCUT2D eigenvalue weighted by molar-refractivity contribution is 6.07. The number of benzene rings is 2. The van der Waals surface area contributed by atoms with Crippen molar-refractivity contribution in [2.24, 2.45) is 0 Å². The Morgan fingerprint density at radius 1 is 1.17 bits per heavy atom. The summed E-state index contributed by atoms with van der Waals surface area (Å²) in [4.78, 5) is 18.0. The average molecular weight is 399 g/mol. The standard InChI is InChI=1S/C26H26N2O2/c1-4-28-24-13-14-27(16-23(24)21-12-10-18(30-3)15-25(21)28)26(29)22-11-9-17(2)19-7-5-6-8-20(19)22/h5-9,11,15,23-24H,4,13-14,16H2,1-3H3. The van der Waals surface area contributed by atoms with Gasteiger partial charge in [-0.3, -0.25) is 4.79 Å². The lowest BCUT2D eigenvalue weighted by Gasteiger charge is -2.38. The number of hydrogen-bond donors (Lipinski definition) is 0. The number of amides is 1. The van der Waals surface area contributed by atoms with Gasteiger partial charge in [-0.15, -0.1) is 0 Å². The van der Waals surface area contributed by atoms with Crippen LogP contribution in [0.5, 0.6) is 5.75 Å². The molecule has 3 aromatic rings. The molecule has 2 unspecified atom stereocenters. The molecular weight excluding hydrogens is 372 g/mol. The van der Waals surface area contributed by atoms with Crippen molar-refractivity contribution in [1.29, 1.82) is 0 Å². The number of fused-ring (bicyclic) bond motifs is 4. The van der Waals surface area contributed by atoms with E-state index in [4.69, 9.17) is 4.74 Å². The second-order valence-electron chi connectivity index (χ2n) is 8.24. The van der Waals surface area contributed by atoms with Crippen molar-refractivity contribution >= 4 is 22.4 Å². The van der Waals surface area contributed by atoms with Crippen molar-refractivity contribution in [3.63, 3.8) is 0 Å². The Balaban J connectivity index is 1.48. The fourth-order valence-electron chi connectivity index (χ4n) is 5.23. The molecule has 0 saturated carbocycles. The number of piperidine rings is 1. The average Bonchev–Trinajstić information content (AvgIpc) is 3.11. The molecule has 152 valence electrons. The second kappa shape index (κ2) is 7.25. The zero-order valence-corrected chi connectivity index (χ0v) is 17.7. The van der Waals surface area contributed by atoms with E-state index >= 15 is 0 Å². The molecule has 0 aliphatic carbocycles. The third-order valence-electron chi connectivity index (χ3n) is 6.74. The van der Waals surface area contributed by atoms with Crippen LogP contribution in [0.4, 0.5) is 5.69 Å². The molecule has 1 amide bonds. The van der Waals surface area contributed by atoms with E-state index in [1.54, 1.807) is 7.11 Å². The molecule has 0 radical (unpaired) electrons. The van der Waals surface area contributed by atoms with Crippen LogP contribution < -0.4 is 9.64 Å². The maximum atomic E-state index is 13.6. The number of rotatable bonds is 3. The van der Waals surface area contributed by atoms with Gasteiger partial charge in [-0.05, 0) is 48.7 Å². The summed E-state index contributed by atoms with van der Waals surface area (Å²) in [5.74, 6) is 1.10. The normalized spacial score (nSPS) is 20.0. The summed E-state index contributed by atoms with van der Waals surface area (Å²) in [6.07, 6.45) is 0.957. The summed E-state index contributed by atoms with van der Waals surface area (Å²) in [6, 6.07) is 21.2. The van der Waals surface area contributed by atoms with Crippen molar-refractivity contribution in [1.82, 2.24) is 4.90 Å². The highest BCUT2D eigenvalue weighted by Gasteiger charge is 2.43. The highest BCUT2D eigenvalue weighted by Crippen LogP contribution is 2.45. The topological polar surface area (TPSA) is 32.8 Å². The van der Waals surface area contributed by atoms with E-state index in [0.29, 0.717) is 18.3 Å². The maximum absolute atomic E-state index is 13.6. The zero-order chi connectivity index (χ0) is 20.8. The molecule has 30 heavy (non-hydrogen) atoms.